The second kappa shape index (κ2) is 6.76. The summed E-state index contributed by atoms with van der Waals surface area (Å²) in [6, 6.07) is 0. The molecule has 1 amide bonds. The van der Waals surface area contributed by atoms with E-state index in [9.17, 15) is 9.59 Å². The molecule has 0 aromatic heterocycles. The predicted molar refractivity (Wildman–Crippen MR) is 70.1 cm³/mol. The number of hydrogen-bond acceptors (Lipinski definition) is 3. The number of hydrogen-bond donors (Lipinski definition) is 0. The molecule has 0 saturated heterocycles. The highest BCUT2D eigenvalue weighted by molar-refractivity contribution is 5.82. The highest BCUT2D eigenvalue weighted by Gasteiger charge is 2.36. The minimum absolute atomic E-state index is 0.182. The van der Waals surface area contributed by atoms with Crippen LogP contribution in [0.25, 0.3) is 0 Å². The molecule has 0 aromatic rings. The SMILES string of the molecule is COC(=O)CCCN(C)C(=O)C1(C)CCCCC1. The van der Waals surface area contributed by atoms with Crippen LogP contribution in [0.5, 0.6) is 0 Å². The second-order valence-corrected chi connectivity index (χ2v) is 5.53. The van der Waals surface area contributed by atoms with E-state index in [1.165, 1.54) is 13.5 Å². The average Bonchev–Trinajstić information content (AvgIpc) is 2.38. The Kier molecular flexibility index (Phi) is 5.63. The lowest BCUT2D eigenvalue weighted by Crippen LogP contribution is -2.41. The fourth-order valence-corrected chi connectivity index (χ4v) is 2.67. The third kappa shape index (κ3) is 4.00. The van der Waals surface area contributed by atoms with Gasteiger partial charge in [-0.3, -0.25) is 9.59 Å². The summed E-state index contributed by atoms with van der Waals surface area (Å²) in [5.74, 6) is 0.0202. The van der Waals surface area contributed by atoms with E-state index in [-0.39, 0.29) is 17.3 Å². The average molecular weight is 255 g/mol. The van der Waals surface area contributed by atoms with Gasteiger partial charge in [0.2, 0.25) is 5.91 Å². The quantitative estimate of drug-likeness (QED) is 0.709. The van der Waals surface area contributed by atoms with Crippen molar-refractivity contribution >= 4 is 11.9 Å². The van der Waals surface area contributed by atoms with Crippen LogP contribution in [0.4, 0.5) is 0 Å². The van der Waals surface area contributed by atoms with E-state index in [4.69, 9.17) is 0 Å². The van der Waals surface area contributed by atoms with E-state index in [0.29, 0.717) is 19.4 Å². The van der Waals surface area contributed by atoms with E-state index in [1.54, 1.807) is 4.90 Å². The first-order valence-corrected chi connectivity index (χ1v) is 6.82. The van der Waals surface area contributed by atoms with E-state index in [1.807, 2.05) is 7.05 Å². The molecule has 0 spiro atoms. The normalized spacial score (nSPS) is 18.2. The van der Waals surface area contributed by atoms with Crippen LogP contribution in [0.15, 0.2) is 0 Å². The fourth-order valence-electron chi connectivity index (χ4n) is 2.67. The number of esters is 1. The molecule has 4 nitrogen and oxygen atoms in total. The summed E-state index contributed by atoms with van der Waals surface area (Å²) in [6.45, 7) is 2.70. The molecule has 0 radical (unpaired) electrons. The minimum atomic E-state index is -0.209. The second-order valence-electron chi connectivity index (χ2n) is 5.53. The van der Waals surface area contributed by atoms with Crippen molar-refractivity contribution < 1.29 is 14.3 Å². The van der Waals surface area contributed by atoms with E-state index in [0.717, 1.165) is 25.7 Å². The third-order valence-corrected chi connectivity index (χ3v) is 3.92. The molecule has 1 rings (SSSR count). The first kappa shape index (κ1) is 15.0. The Balaban J connectivity index is 2.38. The van der Waals surface area contributed by atoms with Crippen LogP contribution >= 0.6 is 0 Å². The summed E-state index contributed by atoms with van der Waals surface area (Å²) >= 11 is 0. The van der Waals surface area contributed by atoms with Gasteiger partial charge >= 0.3 is 5.97 Å². The number of rotatable bonds is 5. The summed E-state index contributed by atoms with van der Waals surface area (Å²) in [6.07, 6.45) is 6.58. The monoisotopic (exact) mass is 255 g/mol. The number of carbonyl (C=O) groups is 2. The van der Waals surface area contributed by atoms with Gasteiger partial charge in [-0.2, -0.15) is 0 Å². The zero-order valence-electron chi connectivity index (χ0n) is 11.8. The molecule has 0 atom stereocenters. The fraction of sp³-hybridized carbons (Fsp3) is 0.857. The molecule has 0 heterocycles. The lowest BCUT2D eigenvalue weighted by molar-refractivity contribution is -0.144. The molecular formula is C14H25NO3. The summed E-state index contributed by atoms with van der Waals surface area (Å²) in [7, 11) is 3.22. The molecule has 1 fully saturated rings. The molecular weight excluding hydrogens is 230 g/mol. The van der Waals surface area contributed by atoms with Gasteiger partial charge in [0, 0.05) is 25.4 Å². The van der Waals surface area contributed by atoms with Crippen molar-refractivity contribution in [1.82, 2.24) is 4.90 Å². The van der Waals surface area contributed by atoms with Crippen molar-refractivity contribution in [3.63, 3.8) is 0 Å². The van der Waals surface area contributed by atoms with Gasteiger partial charge in [0.1, 0.15) is 0 Å². The summed E-state index contributed by atoms with van der Waals surface area (Å²) in [5.41, 5.74) is -0.182. The number of methoxy groups -OCH3 is 1. The summed E-state index contributed by atoms with van der Waals surface area (Å²) in [4.78, 5) is 25.1. The number of ether oxygens (including phenoxy) is 1. The number of nitrogens with zero attached hydrogens (tertiary/aromatic N) is 1. The molecule has 1 aliphatic carbocycles. The summed E-state index contributed by atoms with van der Waals surface area (Å²) in [5, 5.41) is 0. The number of carbonyl (C=O) groups excluding carboxylic acids is 2. The van der Waals surface area contributed by atoms with E-state index < -0.39 is 0 Å². The van der Waals surface area contributed by atoms with E-state index in [2.05, 4.69) is 11.7 Å². The van der Waals surface area contributed by atoms with Gasteiger partial charge in [-0.05, 0) is 19.3 Å². The lowest BCUT2D eigenvalue weighted by atomic mass is 9.74. The molecule has 0 aliphatic heterocycles. The molecule has 104 valence electrons. The zero-order valence-corrected chi connectivity index (χ0v) is 11.8. The van der Waals surface area contributed by atoms with Gasteiger partial charge in [0.25, 0.3) is 0 Å². The largest absolute Gasteiger partial charge is 0.469 e. The van der Waals surface area contributed by atoms with Crippen LogP contribution in [0.2, 0.25) is 0 Å². The molecule has 0 aromatic carbocycles. The van der Waals surface area contributed by atoms with Crippen LogP contribution in [0, 0.1) is 5.41 Å². The maximum atomic E-state index is 12.4. The third-order valence-electron chi connectivity index (χ3n) is 3.92. The van der Waals surface area contributed by atoms with Crippen LogP contribution < -0.4 is 0 Å². The Morgan fingerprint density at radius 3 is 2.39 bits per heavy atom. The summed E-state index contributed by atoms with van der Waals surface area (Å²) < 4.78 is 4.59. The van der Waals surface area contributed by atoms with Crippen LogP contribution in [-0.4, -0.2) is 37.5 Å². The molecule has 4 heteroatoms. The molecule has 0 unspecified atom stereocenters. The first-order valence-electron chi connectivity index (χ1n) is 6.82. The van der Waals surface area contributed by atoms with Crippen LogP contribution in [-0.2, 0) is 14.3 Å². The van der Waals surface area contributed by atoms with Crippen LogP contribution in [0.3, 0.4) is 0 Å². The van der Waals surface area contributed by atoms with Gasteiger partial charge in [0.05, 0.1) is 7.11 Å². The highest BCUT2D eigenvalue weighted by atomic mass is 16.5. The first-order chi connectivity index (χ1) is 8.49. The molecule has 0 bridgehead atoms. The van der Waals surface area contributed by atoms with Crippen molar-refractivity contribution in [2.75, 3.05) is 20.7 Å². The minimum Gasteiger partial charge on any atom is -0.469 e. The standard InChI is InChI=1S/C14H25NO3/c1-14(9-5-4-6-10-14)13(17)15(2)11-7-8-12(16)18-3/h4-11H2,1-3H3. The van der Waals surface area contributed by atoms with Gasteiger partial charge in [0.15, 0.2) is 0 Å². The zero-order chi connectivity index (χ0) is 13.6. The van der Waals surface area contributed by atoms with Crippen molar-refractivity contribution in [1.29, 1.82) is 0 Å². The molecule has 1 saturated carbocycles. The Morgan fingerprint density at radius 2 is 1.83 bits per heavy atom. The molecule has 18 heavy (non-hydrogen) atoms. The van der Waals surface area contributed by atoms with Gasteiger partial charge in [-0.25, -0.2) is 0 Å². The van der Waals surface area contributed by atoms with Crippen molar-refractivity contribution in [3.05, 3.63) is 0 Å². The Hall–Kier alpha value is -1.06. The number of amides is 1. The van der Waals surface area contributed by atoms with E-state index >= 15 is 0 Å². The predicted octanol–water partition coefficient (Wildman–Crippen LogP) is 2.37. The van der Waals surface area contributed by atoms with Crippen molar-refractivity contribution in [2.45, 2.75) is 51.9 Å². The maximum absolute atomic E-state index is 12.4. The topological polar surface area (TPSA) is 46.6 Å². The maximum Gasteiger partial charge on any atom is 0.305 e. The smallest absolute Gasteiger partial charge is 0.305 e. The molecule has 0 N–H and O–H groups in total. The molecule has 1 aliphatic rings. The lowest BCUT2D eigenvalue weighted by Gasteiger charge is -2.35. The van der Waals surface area contributed by atoms with Crippen LogP contribution in [0.1, 0.15) is 51.9 Å². The Labute approximate surface area is 110 Å². The van der Waals surface area contributed by atoms with Crippen molar-refractivity contribution in [3.8, 4) is 0 Å². The Bertz CT molecular complexity index is 295. The van der Waals surface area contributed by atoms with Gasteiger partial charge in [-0.1, -0.05) is 26.2 Å². The highest BCUT2D eigenvalue weighted by Crippen LogP contribution is 2.37. The van der Waals surface area contributed by atoms with Crippen molar-refractivity contribution in [2.24, 2.45) is 5.41 Å². The van der Waals surface area contributed by atoms with Gasteiger partial charge < -0.3 is 9.64 Å². The van der Waals surface area contributed by atoms with Gasteiger partial charge in [-0.15, -0.1) is 0 Å². The Morgan fingerprint density at radius 1 is 1.22 bits per heavy atom.